The molecule has 1 atom stereocenters. The molecule has 0 saturated heterocycles. The van der Waals surface area contributed by atoms with Crippen molar-refractivity contribution in [1.29, 1.82) is 0 Å². The van der Waals surface area contributed by atoms with E-state index in [0.29, 0.717) is 11.1 Å². The van der Waals surface area contributed by atoms with Crippen LogP contribution in [0, 0.1) is 5.92 Å². The number of hydrogen-bond donors (Lipinski definition) is 1. The van der Waals surface area contributed by atoms with Gasteiger partial charge >= 0.3 is 0 Å². The van der Waals surface area contributed by atoms with E-state index >= 15 is 0 Å². The standard InChI is InChI=1S/C25H29N3O2S2/c1-16-12-13-19-20(14-16)32-23-22(19)24(30)28(18-10-6-3-7-11-18)25(27-23)31-15-21(29)26-17-8-4-2-5-9-17/h3,6-7,10-11,16-17H,2,4-5,8-9,12-15H2,1H3,(H,26,29). The molecule has 1 N–H and O–H groups in total. The summed E-state index contributed by atoms with van der Waals surface area (Å²) in [5.74, 6) is 0.933. The number of thiophene rings is 1. The lowest BCUT2D eigenvalue weighted by Gasteiger charge is -2.22. The second-order valence-corrected chi connectivity index (χ2v) is 11.1. The molecule has 5 rings (SSSR count). The maximum absolute atomic E-state index is 13.7. The van der Waals surface area contributed by atoms with E-state index in [4.69, 9.17) is 4.98 Å². The van der Waals surface area contributed by atoms with Gasteiger partial charge in [-0.15, -0.1) is 11.3 Å². The van der Waals surface area contributed by atoms with Crippen molar-refractivity contribution in [2.75, 3.05) is 5.75 Å². The Kier molecular flexibility index (Phi) is 6.37. The van der Waals surface area contributed by atoms with Gasteiger partial charge in [-0.1, -0.05) is 56.1 Å². The Labute approximate surface area is 196 Å². The highest BCUT2D eigenvalue weighted by atomic mass is 32.2. The summed E-state index contributed by atoms with van der Waals surface area (Å²) in [5, 5.41) is 4.54. The van der Waals surface area contributed by atoms with E-state index < -0.39 is 0 Å². The second-order valence-electron chi connectivity index (χ2n) is 9.09. The smallest absolute Gasteiger partial charge is 0.267 e. The third-order valence-corrected chi connectivity index (χ3v) is 8.70. The van der Waals surface area contributed by atoms with Gasteiger partial charge in [-0.25, -0.2) is 4.98 Å². The summed E-state index contributed by atoms with van der Waals surface area (Å²) in [5.41, 5.74) is 1.98. The van der Waals surface area contributed by atoms with E-state index in [9.17, 15) is 9.59 Å². The van der Waals surface area contributed by atoms with Crippen molar-refractivity contribution >= 4 is 39.2 Å². The number of carbonyl (C=O) groups excluding carboxylic acids is 1. The zero-order chi connectivity index (χ0) is 22.1. The minimum Gasteiger partial charge on any atom is -0.353 e. The molecule has 0 radical (unpaired) electrons. The lowest BCUT2D eigenvalue weighted by Crippen LogP contribution is -2.37. The maximum atomic E-state index is 13.7. The average Bonchev–Trinajstić information content (AvgIpc) is 3.16. The molecular formula is C25H29N3O2S2. The van der Waals surface area contributed by atoms with Crippen LogP contribution in [0.5, 0.6) is 0 Å². The Morgan fingerprint density at radius 2 is 1.97 bits per heavy atom. The number of rotatable bonds is 5. The van der Waals surface area contributed by atoms with Crippen molar-refractivity contribution < 1.29 is 4.79 Å². The fraction of sp³-hybridized carbons (Fsp3) is 0.480. The number of carbonyl (C=O) groups is 1. The Morgan fingerprint density at radius 1 is 1.19 bits per heavy atom. The molecule has 1 saturated carbocycles. The van der Waals surface area contributed by atoms with E-state index in [1.165, 1.54) is 41.5 Å². The number of hydrogen-bond acceptors (Lipinski definition) is 5. The number of thioether (sulfide) groups is 1. The van der Waals surface area contributed by atoms with Crippen molar-refractivity contribution in [3.63, 3.8) is 0 Å². The molecule has 2 heterocycles. The van der Waals surface area contributed by atoms with E-state index in [2.05, 4.69) is 12.2 Å². The molecule has 3 aromatic rings. The summed E-state index contributed by atoms with van der Waals surface area (Å²) in [7, 11) is 0. The number of aromatic nitrogens is 2. The van der Waals surface area contributed by atoms with E-state index in [1.54, 1.807) is 15.9 Å². The molecule has 168 valence electrons. The lowest BCUT2D eigenvalue weighted by molar-refractivity contribution is -0.119. The van der Waals surface area contributed by atoms with Crippen molar-refractivity contribution in [1.82, 2.24) is 14.9 Å². The molecule has 0 aliphatic heterocycles. The van der Waals surface area contributed by atoms with Crippen LogP contribution in [-0.4, -0.2) is 27.3 Å². The Morgan fingerprint density at radius 3 is 2.75 bits per heavy atom. The number of aryl methyl sites for hydroxylation is 1. The topological polar surface area (TPSA) is 64.0 Å². The van der Waals surface area contributed by atoms with Gasteiger partial charge in [0.25, 0.3) is 5.56 Å². The van der Waals surface area contributed by atoms with Crippen molar-refractivity contribution in [3.05, 3.63) is 51.1 Å². The summed E-state index contributed by atoms with van der Waals surface area (Å²) < 4.78 is 1.70. The third-order valence-electron chi connectivity index (χ3n) is 6.62. The number of nitrogens with zero attached hydrogens (tertiary/aromatic N) is 2. The lowest BCUT2D eigenvalue weighted by atomic mass is 9.89. The SMILES string of the molecule is CC1CCc2c(sc3nc(SCC(=O)NC4CCCCC4)n(-c4ccccc4)c(=O)c23)C1. The molecule has 32 heavy (non-hydrogen) atoms. The van der Waals surface area contributed by atoms with Gasteiger partial charge in [-0.2, -0.15) is 0 Å². The van der Waals surface area contributed by atoms with Gasteiger partial charge in [0, 0.05) is 10.9 Å². The minimum absolute atomic E-state index is 0.0107. The van der Waals surface area contributed by atoms with E-state index in [0.717, 1.165) is 48.0 Å². The summed E-state index contributed by atoms with van der Waals surface area (Å²) >= 11 is 3.02. The first-order valence-corrected chi connectivity index (χ1v) is 13.4. The molecule has 1 unspecified atom stereocenters. The van der Waals surface area contributed by atoms with Crippen LogP contribution in [-0.2, 0) is 17.6 Å². The molecule has 0 bridgehead atoms. The number of benzene rings is 1. The predicted octanol–water partition coefficient (Wildman–Crippen LogP) is 5.11. The largest absolute Gasteiger partial charge is 0.353 e. The highest BCUT2D eigenvalue weighted by molar-refractivity contribution is 7.99. The molecule has 1 fully saturated rings. The van der Waals surface area contributed by atoms with Crippen LogP contribution in [0.1, 0.15) is 55.9 Å². The third kappa shape index (κ3) is 4.37. The van der Waals surface area contributed by atoms with Crippen LogP contribution in [0.4, 0.5) is 0 Å². The zero-order valence-corrected chi connectivity index (χ0v) is 20.1. The summed E-state index contributed by atoms with van der Waals surface area (Å²) in [4.78, 5) is 33.4. The quantitative estimate of drug-likeness (QED) is 0.418. The van der Waals surface area contributed by atoms with Gasteiger partial charge in [0.15, 0.2) is 5.16 Å². The number of para-hydroxylation sites is 1. The summed E-state index contributed by atoms with van der Waals surface area (Å²) in [6.45, 7) is 2.27. The first kappa shape index (κ1) is 21.7. The fourth-order valence-electron chi connectivity index (χ4n) is 4.92. The molecule has 2 aliphatic carbocycles. The van der Waals surface area contributed by atoms with E-state index in [-0.39, 0.29) is 23.3 Å². The van der Waals surface area contributed by atoms with E-state index in [1.807, 2.05) is 30.3 Å². The molecular weight excluding hydrogens is 438 g/mol. The van der Waals surface area contributed by atoms with Gasteiger partial charge in [0.05, 0.1) is 16.8 Å². The van der Waals surface area contributed by atoms with Gasteiger partial charge in [-0.05, 0) is 55.7 Å². The minimum atomic E-state index is -0.0107. The van der Waals surface area contributed by atoms with Crippen LogP contribution in [0.15, 0.2) is 40.3 Å². The summed E-state index contributed by atoms with van der Waals surface area (Å²) in [6, 6.07) is 9.96. The normalized spacial score (nSPS) is 19.1. The molecule has 2 aromatic heterocycles. The van der Waals surface area contributed by atoms with Crippen LogP contribution in [0.25, 0.3) is 15.9 Å². The first-order chi connectivity index (χ1) is 15.6. The number of amides is 1. The van der Waals surface area contributed by atoms with Crippen molar-refractivity contribution in [2.45, 2.75) is 69.5 Å². The number of nitrogens with one attached hydrogen (secondary N) is 1. The molecule has 1 aromatic carbocycles. The van der Waals surface area contributed by atoms with Gasteiger partial charge < -0.3 is 5.32 Å². The predicted molar refractivity (Wildman–Crippen MR) is 132 cm³/mol. The second kappa shape index (κ2) is 9.40. The molecule has 2 aliphatic rings. The summed E-state index contributed by atoms with van der Waals surface area (Å²) in [6.07, 6.45) is 8.84. The fourth-order valence-corrected chi connectivity index (χ4v) is 7.17. The van der Waals surface area contributed by atoms with Crippen molar-refractivity contribution in [3.8, 4) is 5.69 Å². The molecule has 5 nitrogen and oxygen atoms in total. The molecule has 7 heteroatoms. The van der Waals surface area contributed by atoms with Gasteiger partial charge in [-0.3, -0.25) is 14.2 Å². The number of fused-ring (bicyclic) bond motifs is 3. The monoisotopic (exact) mass is 467 g/mol. The molecule has 1 amide bonds. The highest BCUT2D eigenvalue weighted by Gasteiger charge is 2.25. The maximum Gasteiger partial charge on any atom is 0.267 e. The van der Waals surface area contributed by atoms with Gasteiger partial charge in [0.1, 0.15) is 4.83 Å². The van der Waals surface area contributed by atoms with Crippen LogP contribution < -0.4 is 10.9 Å². The zero-order valence-electron chi connectivity index (χ0n) is 18.4. The van der Waals surface area contributed by atoms with Gasteiger partial charge in [0.2, 0.25) is 5.91 Å². The Bertz CT molecular complexity index is 1180. The first-order valence-electron chi connectivity index (χ1n) is 11.6. The highest BCUT2D eigenvalue weighted by Crippen LogP contribution is 2.37. The van der Waals surface area contributed by atoms with Crippen LogP contribution >= 0.6 is 23.1 Å². The Balaban J connectivity index is 1.49. The van der Waals surface area contributed by atoms with Crippen LogP contribution in [0.2, 0.25) is 0 Å². The Hall–Kier alpha value is -2.12. The van der Waals surface area contributed by atoms with Crippen LogP contribution in [0.3, 0.4) is 0 Å². The average molecular weight is 468 g/mol. The van der Waals surface area contributed by atoms with Crippen molar-refractivity contribution in [2.24, 2.45) is 5.92 Å². The molecule has 0 spiro atoms.